The number of nitrogens with one attached hydrogen (secondary N) is 1. The molecular weight excluding hydrogens is 314 g/mol. The van der Waals surface area contributed by atoms with Gasteiger partial charge in [0, 0.05) is 22.6 Å². The number of hydrogen-bond acceptors (Lipinski definition) is 3. The summed E-state index contributed by atoms with van der Waals surface area (Å²) in [4.78, 5) is 0.313. The zero-order chi connectivity index (χ0) is 14.6. The Bertz CT molecular complexity index is 554. The number of benzene rings is 1. The molecule has 1 fully saturated rings. The Hall–Kier alpha value is -0.230. The van der Waals surface area contributed by atoms with E-state index in [0.717, 1.165) is 11.0 Å². The van der Waals surface area contributed by atoms with Crippen molar-refractivity contribution in [3.8, 4) is 0 Å². The number of sulfonamides is 1. The molecular formula is C14H20ClNO2S2. The van der Waals surface area contributed by atoms with Crippen molar-refractivity contribution in [2.75, 3.05) is 12.3 Å². The van der Waals surface area contributed by atoms with E-state index in [4.69, 9.17) is 11.6 Å². The van der Waals surface area contributed by atoms with Gasteiger partial charge in [-0.2, -0.15) is 11.8 Å². The molecule has 0 amide bonds. The summed E-state index contributed by atoms with van der Waals surface area (Å²) < 4.78 is 27.1. The number of hydrogen-bond donors (Lipinski definition) is 1. The summed E-state index contributed by atoms with van der Waals surface area (Å²) in [6.07, 6.45) is 5.17. The van der Waals surface area contributed by atoms with Gasteiger partial charge in [-0.1, -0.05) is 24.4 Å². The molecule has 3 nitrogen and oxygen atoms in total. The van der Waals surface area contributed by atoms with Crippen molar-refractivity contribution in [1.29, 1.82) is 0 Å². The van der Waals surface area contributed by atoms with Crippen molar-refractivity contribution < 1.29 is 8.42 Å². The Morgan fingerprint density at radius 2 is 2.05 bits per heavy atom. The first-order valence-corrected chi connectivity index (χ1v) is 9.77. The molecule has 2 rings (SSSR count). The van der Waals surface area contributed by atoms with E-state index in [1.165, 1.54) is 25.7 Å². The molecule has 0 aliphatic heterocycles. The Balaban J connectivity index is 1.87. The van der Waals surface area contributed by atoms with E-state index >= 15 is 0 Å². The van der Waals surface area contributed by atoms with Crippen molar-refractivity contribution in [2.24, 2.45) is 0 Å². The smallest absolute Gasteiger partial charge is 0.210 e. The molecule has 0 bridgehead atoms. The van der Waals surface area contributed by atoms with Crippen LogP contribution in [0.15, 0.2) is 23.1 Å². The lowest BCUT2D eigenvalue weighted by Crippen LogP contribution is -2.27. The van der Waals surface area contributed by atoms with Crippen LogP contribution >= 0.6 is 23.4 Å². The Morgan fingerprint density at radius 1 is 1.35 bits per heavy atom. The van der Waals surface area contributed by atoms with Gasteiger partial charge in [-0.3, -0.25) is 0 Å². The molecule has 1 aromatic carbocycles. The maximum Gasteiger partial charge on any atom is 0.240 e. The molecule has 0 saturated heterocycles. The summed E-state index contributed by atoms with van der Waals surface area (Å²) in [6.45, 7) is 2.24. The number of aryl methyl sites for hydroxylation is 1. The predicted molar refractivity (Wildman–Crippen MR) is 86.1 cm³/mol. The molecule has 0 unspecified atom stereocenters. The number of rotatable bonds is 6. The van der Waals surface area contributed by atoms with Gasteiger partial charge >= 0.3 is 0 Å². The van der Waals surface area contributed by atoms with Crippen molar-refractivity contribution >= 4 is 33.4 Å². The van der Waals surface area contributed by atoms with Crippen LogP contribution in [0.25, 0.3) is 0 Å². The third-order valence-corrected chi connectivity index (χ3v) is 6.72. The Labute approximate surface area is 130 Å². The molecule has 1 aliphatic carbocycles. The summed E-state index contributed by atoms with van der Waals surface area (Å²) in [7, 11) is -3.43. The van der Waals surface area contributed by atoms with E-state index in [1.807, 2.05) is 11.8 Å². The second kappa shape index (κ2) is 7.16. The monoisotopic (exact) mass is 333 g/mol. The van der Waals surface area contributed by atoms with E-state index in [1.54, 1.807) is 25.1 Å². The van der Waals surface area contributed by atoms with Crippen molar-refractivity contribution in [3.05, 3.63) is 28.8 Å². The summed E-state index contributed by atoms with van der Waals surface area (Å²) >= 11 is 7.73. The first-order valence-electron chi connectivity index (χ1n) is 6.86. The van der Waals surface area contributed by atoms with Gasteiger partial charge in [0.25, 0.3) is 0 Å². The van der Waals surface area contributed by atoms with Crippen LogP contribution in [0.2, 0.25) is 5.02 Å². The molecule has 0 radical (unpaired) electrons. The van der Waals surface area contributed by atoms with Crippen LogP contribution in [0.1, 0.15) is 31.2 Å². The number of halogens is 1. The van der Waals surface area contributed by atoms with Crippen LogP contribution in [0.3, 0.4) is 0 Å². The summed E-state index contributed by atoms with van der Waals surface area (Å²) in [5, 5.41) is 1.27. The van der Waals surface area contributed by atoms with Gasteiger partial charge in [-0.05, 0) is 43.5 Å². The summed E-state index contributed by atoms with van der Waals surface area (Å²) in [5.74, 6) is 0.830. The molecule has 6 heteroatoms. The Kier molecular flexibility index (Phi) is 5.78. The van der Waals surface area contributed by atoms with E-state index in [9.17, 15) is 8.42 Å². The average Bonchev–Trinajstić information content (AvgIpc) is 2.87. The van der Waals surface area contributed by atoms with Crippen molar-refractivity contribution in [2.45, 2.75) is 42.8 Å². The maximum absolute atomic E-state index is 12.2. The second-order valence-electron chi connectivity index (χ2n) is 5.08. The molecule has 1 aliphatic rings. The second-order valence-corrected chi connectivity index (χ2v) is 8.66. The van der Waals surface area contributed by atoms with Crippen LogP contribution in [-0.2, 0) is 10.0 Å². The zero-order valence-electron chi connectivity index (χ0n) is 11.6. The fourth-order valence-corrected chi connectivity index (χ4v) is 5.28. The van der Waals surface area contributed by atoms with E-state index < -0.39 is 10.0 Å². The van der Waals surface area contributed by atoms with Gasteiger partial charge in [0.15, 0.2) is 0 Å². The highest BCUT2D eigenvalue weighted by molar-refractivity contribution is 8.00. The predicted octanol–water partition coefficient (Wildman–Crippen LogP) is 3.60. The van der Waals surface area contributed by atoms with Crippen LogP contribution < -0.4 is 4.72 Å². The van der Waals surface area contributed by atoms with Gasteiger partial charge in [0.2, 0.25) is 10.0 Å². The van der Waals surface area contributed by atoms with Gasteiger partial charge < -0.3 is 0 Å². The zero-order valence-corrected chi connectivity index (χ0v) is 14.0. The Morgan fingerprint density at radius 3 is 2.70 bits per heavy atom. The fourth-order valence-electron chi connectivity index (χ4n) is 2.45. The van der Waals surface area contributed by atoms with Crippen LogP contribution in [-0.4, -0.2) is 26.0 Å². The fraction of sp³-hybridized carbons (Fsp3) is 0.571. The van der Waals surface area contributed by atoms with E-state index in [2.05, 4.69) is 4.72 Å². The van der Waals surface area contributed by atoms with Gasteiger partial charge in [-0.15, -0.1) is 0 Å². The van der Waals surface area contributed by atoms with Gasteiger partial charge in [-0.25, -0.2) is 13.1 Å². The molecule has 1 saturated carbocycles. The SMILES string of the molecule is Cc1cc(Cl)ccc1S(=O)(=O)NCCSC1CCCC1. The van der Waals surface area contributed by atoms with E-state index in [0.29, 0.717) is 22.0 Å². The normalized spacial score (nSPS) is 16.7. The largest absolute Gasteiger partial charge is 0.240 e. The molecule has 0 spiro atoms. The molecule has 1 N–H and O–H groups in total. The minimum absolute atomic E-state index is 0.313. The lowest BCUT2D eigenvalue weighted by atomic mass is 10.2. The van der Waals surface area contributed by atoms with Gasteiger partial charge in [0.05, 0.1) is 4.90 Å². The molecule has 1 aromatic rings. The minimum Gasteiger partial charge on any atom is -0.210 e. The number of thioether (sulfide) groups is 1. The first kappa shape index (κ1) is 16.1. The highest BCUT2D eigenvalue weighted by atomic mass is 35.5. The molecule has 0 atom stereocenters. The third-order valence-electron chi connectivity index (χ3n) is 3.48. The van der Waals surface area contributed by atoms with Crippen LogP contribution in [0, 0.1) is 6.92 Å². The highest BCUT2D eigenvalue weighted by Crippen LogP contribution is 2.29. The molecule has 0 heterocycles. The highest BCUT2D eigenvalue weighted by Gasteiger charge is 2.18. The quantitative estimate of drug-likeness (QED) is 0.809. The summed E-state index contributed by atoms with van der Waals surface area (Å²) in [6, 6.07) is 4.84. The van der Waals surface area contributed by atoms with Gasteiger partial charge in [0.1, 0.15) is 0 Å². The third kappa shape index (κ3) is 4.38. The topological polar surface area (TPSA) is 46.2 Å². The minimum atomic E-state index is -3.43. The lowest BCUT2D eigenvalue weighted by Gasteiger charge is -2.11. The first-order chi connectivity index (χ1) is 9.49. The van der Waals surface area contributed by atoms with E-state index in [-0.39, 0.29) is 0 Å². The van der Waals surface area contributed by atoms with Crippen molar-refractivity contribution in [1.82, 2.24) is 4.72 Å². The van der Waals surface area contributed by atoms with Crippen molar-refractivity contribution in [3.63, 3.8) is 0 Å². The molecule has 0 aromatic heterocycles. The summed E-state index contributed by atoms with van der Waals surface area (Å²) in [5.41, 5.74) is 0.674. The average molecular weight is 334 g/mol. The van der Waals surface area contributed by atoms with Crippen LogP contribution in [0.5, 0.6) is 0 Å². The molecule has 112 valence electrons. The standard InChI is InChI=1S/C14H20ClNO2S2/c1-11-10-12(15)6-7-14(11)20(17,18)16-8-9-19-13-4-2-3-5-13/h6-7,10,13,16H,2-5,8-9H2,1H3. The molecule has 20 heavy (non-hydrogen) atoms. The lowest BCUT2D eigenvalue weighted by molar-refractivity contribution is 0.583. The maximum atomic E-state index is 12.2. The van der Waals surface area contributed by atoms with Crippen LogP contribution in [0.4, 0.5) is 0 Å².